The van der Waals surface area contributed by atoms with Gasteiger partial charge in [0, 0.05) is 24.3 Å². The number of amides is 1. The highest BCUT2D eigenvalue weighted by Gasteiger charge is 2.16. The molecule has 3 rings (SSSR count). The van der Waals surface area contributed by atoms with Crippen LogP contribution in [0.1, 0.15) is 27.0 Å². The monoisotopic (exact) mass is 266 g/mol. The fourth-order valence-corrected chi connectivity index (χ4v) is 2.63. The van der Waals surface area contributed by atoms with Crippen LogP contribution in [0.15, 0.2) is 42.5 Å². The lowest BCUT2D eigenvalue weighted by atomic mass is 10.1. The average molecular weight is 266 g/mol. The minimum atomic E-state index is -0.0556. The lowest BCUT2D eigenvalue weighted by molar-refractivity contribution is 0.102. The molecule has 1 aliphatic rings. The van der Waals surface area contributed by atoms with Crippen molar-refractivity contribution in [2.24, 2.45) is 0 Å². The van der Waals surface area contributed by atoms with Crippen LogP contribution >= 0.6 is 0 Å². The van der Waals surface area contributed by atoms with Crippen molar-refractivity contribution in [1.29, 1.82) is 0 Å². The number of nitrogens with zero attached hydrogens (tertiary/aromatic N) is 1. The molecule has 0 saturated heterocycles. The Bertz CT molecular complexity index is 664. The van der Waals surface area contributed by atoms with E-state index < -0.39 is 0 Å². The second kappa shape index (κ2) is 5.10. The van der Waals surface area contributed by atoms with Crippen LogP contribution in [0.4, 0.5) is 5.69 Å². The largest absolute Gasteiger partial charge is 0.322 e. The molecule has 2 aromatic rings. The summed E-state index contributed by atoms with van der Waals surface area (Å²) in [5, 5.41) is 2.97. The standard InChI is InChI=1S/C17H18N2O/c1-12-4-3-5-13(8-12)17(20)18-16-7-6-14-10-19(2)11-15(14)9-16/h3-9H,10-11H2,1-2H3,(H,18,20). The van der Waals surface area contributed by atoms with Gasteiger partial charge >= 0.3 is 0 Å². The summed E-state index contributed by atoms with van der Waals surface area (Å²) in [4.78, 5) is 14.5. The number of carbonyl (C=O) groups excluding carboxylic acids is 1. The summed E-state index contributed by atoms with van der Waals surface area (Å²) in [6, 6.07) is 13.8. The predicted molar refractivity (Wildman–Crippen MR) is 80.7 cm³/mol. The molecule has 0 saturated carbocycles. The molecule has 1 amide bonds. The first-order valence-electron chi connectivity index (χ1n) is 6.80. The molecular weight excluding hydrogens is 248 g/mol. The van der Waals surface area contributed by atoms with Crippen molar-refractivity contribution in [2.75, 3.05) is 12.4 Å². The molecule has 3 nitrogen and oxygen atoms in total. The van der Waals surface area contributed by atoms with Crippen LogP contribution < -0.4 is 5.32 Å². The summed E-state index contributed by atoms with van der Waals surface area (Å²) in [5.74, 6) is -0.0556. The third-order valence-corrected chi connectivity index (χ3v) is 3.62. The first-order valence-corrected chi connectivity index (χ1v) is 6.80. The normalized spacial score (nSPS) is 14.1. The third-order valence-electron chi connectivity index (χ3n) is 3.62. The van der Waals surface area contributed by atoms with Crippen LogP contribution in [0.3, 0.4) is 0 Å². The number of fused-ring (bicyclic) bond motifs is 1. The zero-order chi connectivity index (χ0) is 14.1. The summed E-state index contributed by atoms with van der Waals surface area (Å²) in [6.07, 6.45) is 0. The number of nitrogens with one attached hydrogen (secondary N) is 1. The van der Waals surface area contributed by atoms with Gasteiger partial charge in [0.25, 0.3) is 5.91 Å². The summed E-state index contributed by atoms with van der Waals surface area (Å²) < 4.78 is 0. The van der Waals surface area contributed by atoms with Crippen molar-refractivity contribution in [2.45, 2.75) is 20.0 Å². The van der Waals surface area contributed by atoms with E-state index in [1.54, 1.807) is 0 Å². The molecule has 0 fully saturated rings. The van der Waals surface area contributed by atoms with Crippen molar-refractivity contribution in [3.05, 3.63) is 64.7 Å². The summed E-state index contributed by atoms with van der Waals surface area (Å²) in [6.45, 7) is 3.92. The minimum Gasteiger partial charge on any atom is -0.322 e. The lowest BCUT2D eigenvalue weighted by Crippen LogP contribution is -2.12. The first-order chi connectivity index (χ1) is 9.61. The molecule has 0 bridgehead atoms. The number of carbonyl (C=O) groups is 1. The number of anilines is 1. The van der Waals surface area contributed by atoms with E-state index in [0.717, 1.165) is 24.3 Å². The predicted octanol–water partition coefficient (Wildman–Crippen LogP) is 3.19. The van der Waals surface area contributed by atoms with E-state index in [1.807, 2.05) is 37.3 Å². The highest BCUT2D eigenvalue weighted by atomic mass is 16.1. The minimum absolute atomic E-state index is 0.0556. The third kappa shape index (κ3) is 2.58. The van der Waals surface area contributed by atoms with Gasteiger partial charge in [-0.3, -0.25) is 9.69 Å². The Morgan fingerprint density at radius 2 is 1.90 bits per heavy atom. The van der Waals surface area contributed by atoms with Crippen molar-refractivity contribution >= 4 is 11.6 Å². The molecule has 102 valence electrons. The Balaban J connectivity index is 1.79. The van der Waals surface area contributed by atoms with E-state index in [4.69, 9.17) is 0 Å². The highest BCUT2D eigenvalue weighted by Crippen LogP contribution is 2.24. The number of hydrogen-bond acceptors (Lipinski definition) is 2. The molecule has 1 heterocycles. The topological polar surface area (TPSA) is 32.3 Å². The SMILES string of the molecule is Cc1cccc(C(=O)Nc2ccc3c(c2)CN(C)C3)c1. The summed E-state index contributed by atoms with van der Waals surface area (Å²) in [5.41, 5.74) is 5.30. The van der Waals surface area contributed by atoms with Gasteiger partial charge in [0.2, 0.25) is 0 Å². The van der Waals surface area contributed by atoms with Gasteiger partial charge in [-0.1, -0.05) is 23.8 Å². The Labute approximate surface area is 119 Å². The van der Waals surface area contributed by atoms with Gasteiger partial charge in [-0.15, -0.1) is 0 Å². The molecule has 1 N–H and O–H groups in total. The molecule has 0 aliphatic carbocycles. The zero-order valence-corrected chi connectivity index (χ0v) is 11.8. The molecular formula is C17H18N2O. The van der Waals surface area contributed by atoms with Gasteiger partial charge in [0.1, 0.15) is 0 Å². The maximum Gasteiger partial charge on any atom is 0.255 e. The average Bonchev–Trinajstić information content (AvgIpc) is 2.78. The van der Waals surface area contributed by atoms with Crippen LogP contribution in [0, 0.1) is 6.92 Å². The smallest absolute Gasteiger partial charge is 0.255 e. The molecule has 0 unspecified atom stereocenters. The van der Waals surface area contributed by atoms with Gasteiger partial charge in [0.05, 0.1) is 0 Å². The first kappa shape index (κ1) is 12.9. The summed E-state index contributed by atoms with van der Waals surface area (Å²) in [7, 11) is 2.10. The lowest BCUT2D eigenvalue weighted by Gasteiger charge is -2.07. The van der Waals surface area contributed by atoms with Crippen molar-refractivity contribution in [1.82, 2.24) is 4.90 Å². The maximum atomic E-state index is 12.2. The molecule has 0 spiro atoms. The number of rotatable bonds is 2. The number of benzene rings is 2. The molecule has 1 aliphatic heterocycles. The fraction of sp³-hybridized carbons (Fsp3) is 0.235. The van der Waals surface area contributed by atoms with E-state index >= 15 is 0 Å². The van der Waals surface area contributed by atoms with E-state index in [-0.39, 0.29) is 5.91 Å². The number of hydrogen-bond donors (Lipinski definition) is 1. The Hall–Kier alpha value is -2.13. The second-order valence-electron chi connectivity index (χ2n) is 5.48. The maximum absolute atomic E-state index is 12.2. The second-order valence-corrected chi connectivity index (χ2v) is 5.48. The Morgan fingerprint density at radius 3 is 2.70 bits per heavy atom. The van der Waals surface area contributed by atoms with Crippen molar-refractivity contribution in [3.63, 3.8) is 0 Å². The molecule has 0 aromatic heterocycles. The molecule has 3 heteroatoms. The molecule has 0 atom stereocenters. The number of aryl methyl sites for hydroxylation is 1. The quantitative estimate of drug-likeness (QED) is 0.905. The molecule has 0 radical (unpaired) electrons. The van der Waals surface area contributed by atoms with Gasteiger partial charge in [0.15, 0.2) is 0 Å². The zero-order valence-electron chi connectivity index (χ0n) is 11.8. The molecule has 2 aromatic carbocycles. The van der Waals surface area contributed by atoms with Gasteiger partial charge in [-0.05, 0) is 49.4 Å². The van der Waals surface area contributed by atoms with Gasteiger partial charge in [-0.25, -0.2) is 0 Å². The van der Waals surface area contributed by atoms with Crippen molar-refractivity contribution < 1.29 is 4.79 Å². The van der Waals surface area contributed by atoms with Crippen LogP contribution in [-0.4, -0.2) is 17.9 Å². The Morgan fingerprint density at radius 1 is 1.10 bits per heavy atom. The molecule has 20 heavy (non-hydrogen) atoms. The van der Waals surface area contributed by atoms with Crippen LogP contribution in [0.25, 0.3) is 0 Å². The van der Waals surface area contributed by atoms with Crippen molar-refractivity contribution in [3.8, 4) is 0 Å². The Kier molecular flexibility index (Phi) is 3.28. The van der Waals surface area contributed by atoms with Crippen LogP contribution in [0.5, 0.6) is 0 Å². The van der Waals surface area contributed by atoms with E-state index in [2.05, 4.69) is 29.4 Å². The van der Waals surface area contributed by atoms with E-state index in [9.17, 15) is 4.79 Å². The van der Waals surface area contributed by atoms with E-state index in [1.165, 1.54) is 11.1 Å². The van der Waals surface area contributed by atoms with E-state index in [0.29, 0.717) is 5.56 Å². The van der Waals surface area contributed by atoms with Crippen LogP contribution in [-0.2, 0) is 13.1 Å². The highest BCUT2D eigenvalue weighted by molar-refractivity contribution is 6.04. The van der Waals surface area contributed by atoms with Gasteiger partial charge < -0.3 is 5.32 Å². The van der Waals surface area contributed by atoms with Gasteiger partial charge in [-0.2, -0.15) is 0 Å². The van der Waals surface area contributed by atoms with Crippen LogP contribution in [0.2, 0.25) is 0 Å². The summed E-state index contributed by atoms with van der Waals surface area (Å²) >= 11 is 0. The fourth-order valence-electron chi connectivity index (χ4n) is 2.63.